The SMILES string of the molecule is NC1=NCC2CCC2O1. The van der Waals surface area contributed by atoms with E-state index in [2.05, 4.69) is 4.99 Å². The summed E-state index contributed by atoms with van der Waals surface area (Å²) in [5.41, 5.74) is 5.35. The van der Waals surface area contributed by atoms with Crippen molar-refractivity contribution in [3.63, 3.8) is 0 Å². The maximum atomic E-state index is 5.35. The van der Waals surface area contributed by atoms with Gasteiger partial charge >= 0.3 is 0 Å². The molecule has 3 nitrogen and oxygen atoms in total. The van der Waals surface area contributed by atoms with Crippen LogP contribution in [0.1, 0.15) is 12.8 Å². The smallest absolute Gasteiger partial charge is 0.282 e. The first kappa shape index (κ1) is 5.09. The number of nitrogens with two attached hydrogens (primary N) is 1. The summed E-state index contributed by atoms with van der Waals surface area (Å²) in [6, 6.07) is 0.385. The number of rotatable bonds is 0. The molecule has 1 saturated carbocycles. The van der Waals surface area contributed by atoms with Crippen LogP contribution in [-0.4, -0.2) is 18.7 Å². The molecule has 2 rings (SSSR count). The lowest BCUT2D eigenvalue weighted by Gasteiger charge is -2.37. The third kappa shape index (κ3) is 0.677. The molecule has 9 heavy (non-hydrogen) atoms. The minimum absolute atomic E-state index is 0.385. The Labute approximate surface area is 53.9 Å². The molecule has 50 valence electrons. The van der Waals surface area contributed by atoms with Crippen LogP contribution in [0.25, 0.3) is 0 Å². The van der Waals surface area contributed by atoms with Crippen LogP contribution in [0.4, 0.5) is 0 Å². The monoisotopic (exact) mass is 126 g/mol. The fourth-order valence-electron chi connectivity index (χ4n) is 1.30. The molecule has 1 heterocycles. The molecule has 0 spiro atoms. The number of ether oxygens (including phenoxy) is 1. The Morgan fingerprint density at radius 3 is 2.89 bits per heavy atom. The van der Waals surface area contributed by atoms with Gasteiger partial charge in [-0.3, -0.25) is 0 Å². The maximum absolute atomic E-state index is 5.35. The molecule has 0 aromatic carbocycles. The van der Waals surface area contributed by atoms with Gasteiger partial charge in [-0.25, -0.2) is 4.99 Å². The highest BCUT2D eigenvalue weighted by molar-refractivity contribution is 5.72. The molecule has 0 radical (unpaired) electrons. The van der Waals surface area contributed by atoms with Gasteiger partial charge in [-0.2, -0.15) is 0 Å². The molecule has 2 atom stereocenters. The van der Waals surface area contributed by atoms with Crippen LogP contribution in [0.2, 0.25) is 0 Å². The number of fused-ring (bicyclic) bond motifs is 1. The molecule has 1 aliphatic heterocycles. The van der Waals surface area contributed by atoms with Crippen molar-refractivity contribution in [1.29, 1.82) is 0 Å². The number of amidine groups is 1. The second-order valence-corrected chi connectivity index (χ2v) is 2.67. The first-order valence-corrected chi connectivity index (χ1v) is 3.33. The quantitative estimate of drug-likeness (QED) is 0.500. The third-order valence-corrected chi connectivity index (χ3v) is 2.10. The largest absolute Gasteiger partial charge is 0.462 e. The van der Waals surface area contributed by atoms with Gasteiger partial charge in [-0.05, 0) is 12.8 Å². The van der Waals surface area contributed by atoms with Crippen LogP contribution in [0, 0.1) is 5.92 Å². The van der Waals surface area contributed by atoms with E-state index in [9.17, 15) is 0 Å². The van der Waals surface area contributed by atoms with Crippen molar-refractivity contribution < 1.29 is 4.74 Å². The summed E-state index contributed by atoms with van der Waals surface area (Å²) in [6.45, 7) is 0.885. The van der Waals surface area contributed by atoms with E-state index in [0.717, 1.165) is 6.54 Å². The van der Waals surface area contributed by atoms with Gasteiger partial charge in [0.05, 0.1) is 6.54 Å². The lowest BCUT2D eigenvalue weighted by molar-refractivity contribution is 0.0257. The number of hydrogen-bond acceptors (Lipinski definition) is 3. The zero-order valence-electron chi connectivity index (χ0n) is 5.21. The van der Waals surface area contributed by atoms with E-state index >= 15 is 0 Å². The fraction of sp³-hybridized carbons (Fsp3) is 0.833. The van der Waals surface area contributed by atoms with Gasteiger partial charge in [0.15, 0.2) is 0 Å². The molecule has 3 heteroatoms. The molecule has 0 amide bonds. The zero-order valence-corrected chi connectivity index (χ0v) is 5.21. The molecule has 2 N–H and O–H groups in total. The minimum atomic E-state index is 0.385. The van der Waals surface area contributed by atoms with Gasteiger partial charge in [-0.15, -0.1) is 0 Å². The summed E-state index contributed by atoms with van der Waals surface area (Å²) in [7, 11) is 0. The topological polar surface area (TPSA) is 47.6 Å². The summed E-state index contributed by atoms with van der Waals surface area (Å²) in [4.78, 5) is 3.98. The normalized spacial score (nSPS) is 39.8. The molecule has 2 unspecified atom stereocenters. The minimum Gasteiger partial charge on any atom is -0.462 e. The summed E-state index contributed by atoms with van der Waals surface area (Å²) >= 11 is 0. The van der Waals surface area contributed by atoms with Crippen LogP contribution in [-0.2, 0) is 4.74 Å². The van der Waals surface area contributed by atoms with Crippen LogP contribution < -0.4 is 5.73 Å². The van der Waals surface area contributed by atoms with Gasteiger partial charge in [-0.1, -0.05) is 0 Å². The van der Waals surface area contributed by atoms with Crippen LogP contribution in [0.5, 0.6) is 0 Å². The second-order valence-electron chi connectivity index (χ2n) is 2.67. The Kier molecular flexibility index (Phi) is 0.917. The van der Waals surface area contributed by atoms with Gasteiger partial charge < -0.3 is 10.5 Å². The van der Waals surface area contributed by atoms with E-state index in [1.807, 2.05) is 0 Å². The predicted octanol–water partition coefficient (Wildman–Crippen LogP) is 0.110. The van der Waals surface area contributed by atoms with E-state index < -0.39 is 0 Å². The average Bonchev–Trinajstić information content (AvgIpc) is 1.78. The first-order valence-electron chi connectivity index (χ1n) is 3.33. The Bertz CT molecular complexity index is 155. The number of aliphatic imine (C=N–C) groups is 1. The summed E-state index contributed by atoms with van der Waals surface area (Å²) < 4.78 is 5.21. The lowest BCUT2D eigenvalue weighted by atomic mass is 9.81. The van der Waals surface area contributed by atoms with E-state index in [-0.39, 0.29) is 0 Å². The van der Waals surface area contributed by atoms with Crippen LogP contribution in [0.15, 0.2) is 4.99 Å². The van der Waals surface area contributed by atoms with E-state index in [1.54, 1.807) is 0 Å². The molecule has 1 fully saturated rings. The van der Waals surface area contributed by atoms with E-state index in [1.165, 1.54) is 12.8 Å². The van der Waals surface area contributed by atoms with E-state index in [4.69, 9.17) is 10.5 Å². The molecule has 2 aliphatic rings. The predicted molar refractivity (Wildman–Crippen MR) is 34.1 cm³/mol. The van der Waals surface area contributed by atoms with Crippen molar-refractivity contribution in [2.24, 2.45) is 16.6 Å². The fourth-order valence-corrected chi connectivity index (χ4v) is 1.30. The standard InChI is InChI=1S/C6H10N2O/c7-6-8-3-4-1-2-5(4)9-6/h4-5H,1-3H2,(H2,7,8). The van der Waals surface area contributed by atoms with Gasteiger partial charge in [0.1, 0.15) is 6.10 Å². The molecule has 0 saturated heterocycles. The van der Waals surface area contributed by atoms with Crippen molar-refractivity contribution >= 4 is 6.02 Å². The van der Waals surface area contributed by atoms with Crippen molar-refractivity contribution in [3.8, 4) is 0 Å². The van der Waals surface area contributed by atoms with Gasteiger partial charge in [0, 0.05) is 5.92 Å². The summed E-state index contributed by atoms with van der Waals surface area (Å²) in [6.07, 6.45) is 2.84. The zero-order chi connectivity index (χ0) is 6.27. The molecule has 1 aliphatic carbocycles. The highest BCUT2D eigenvalue weighted by atomic mass is 16.5. The molecule has 0 bridgehead atoms. The first-order chi connectivity index (χ1) is 4.36. The molecular weight excluding hydrogens is 116 g/mol. The molecule has 0 aromatic heterocycles. The highest BCUT2D eigenvalue weighted by Gasteiger charge is 2.35. The maximum Gasteiger partial charge on any atom is 0.282 e. The Balaban J connectivity index is 2.07. The number of hydrogen-bond donors (Lipinski definition) is 1. The third-order valence-electron chi connectivity index (χ3n) is 2.10. The van der Waals surface area contributed by atoms with Crippen LogP contribution >= 0.6 is 0 Å². The summed E-state index contributed by atoms with van der Waals surface area (Å²) in [5.74, 6) is 0.678. The van der Waals surface area contributed by atoms with Gasteiger partial charge in [0.2, 0.25) is 0 Å². The van der Waals surface area contributed by atoms with Crippen molar-refractivity contribution in [3.05, 3.63) is 0 Å². The highest BCUT2D eigenvalue weighted by Crippen LogP contribution is 2.32. The van der Waals surface area contributed by atoms with Gasteiger partial charge in [0.25, 0.3) is 6.02 Å². The van der Waals surface area contributed by atoms with Crippen molar-refractivity contribution in [2.45, 2.75) is 18.9 Å². The number of nitrogens with zero attached hydrogens (tertiary/aromatic N) is 1. The second kappa shape index (κ2) is 1.62. The molecular formula is C6H10N2O. The average molecular weight is 126 g/mol. The van der Waals surface area contributed by atoms with Crippen LogP contribution in [0.3, 0.4) is 0 Å². The van der Waals surface area contributed by atoms with Crippen molar-refractivity contribution in [2.75, 3.05) is 6.54 Å². The van der Waals surface area contributed by atoms with Crippen molar-refractivity contribution in [1.82, 2.24) is 0 Å². The lowest BCUT2D eigenvalue weighted by Crippen LogP contribution is -2.43. The molecule has 0 aromatic rings. The Hall–Kier alpha value is -0.730. The van der Waals surface area contributed by atoms with E-state index in [0.29, 0.717) is 18.0 Å². The Morgan fingerprint density at radius 1 is 1.56 bits per heavy atom. The summed E-state index contributed by atoms with van der Waals surface area (Å²) in [5, 5.41) is 0. The Morgan fingerprint density at radius 2 is 2.44 bits per heavy atom.